The number of alkyl halides is 1. The Morgan fingerprint density at radius 1 is 0.828 bits per heavy atom. The van der Waals surface area contributed by atoms with Crippen molar-refractivity contribution >= 4 is 34.6 Å². The van der Waals surface area contributed by atoms with Gasteiger partial charge in [-0.05, 0) is 27.0 Å². The van der Waals surface area contributed by atoms with Crippen LogP contribution < -0.4 is 15.1 Å². The Labute approximate surface area is 184 Å². The van der Waals surface area contributed by atoms with Crippen LogP contribution in [0.5, 0.6) is 5.75 Å². The Balaban J connectivity index is 2.10. The molecular formula is C25H29BrO2Si. The van der Waals surface area contributed by atoms with Crippen LogP contribution in [0, 0.1) is 0 Å². The first-order chi connectivity index (χ1) is 13.9. The minimum atomic E-state index is -2.55. The number of benzene rings is 3. The highest BCUT2D eigenvalue weighted by molar-refractivity contribution is 9.08. The van der Waals surface area contributed by atoms with Gasteiger partial charge in [0.1, 0.15) is 5.75 Å². The van der Waals surface area contributed by atoms with E-state index in [1.807, 2.05) is 0 Å². The lowest BCUT2D eigenvalue weighted by Crippen LogP contribution is -2.66. The molecule has 0 fully saturated rings. The van der Waals surface area contributed by atoms with Crippen molar-refractivity contribution in [1.82, 2.24) is 0 Å². The quantitative estimate of drug-likeness (QED) is 0.328. The minimum absolute atomic E-state index is 0.0429. The molecule has 0 heterocycles. The molecule has 3 rings (SSSR count). The lowest BCUT2D eigenvalue weighted by atomic mass is 10.1. The summed E-state index contributed by atoms with van der Waals surface area (Å²) < 4.78 is 12.7. The van der Waals surface area contributed by atoms with Gasteiger partial charge in [0.15, 0.2) is 0 Å². The molecule has 2 nitrogen and oxygen atoms in total. The number of rotatable bonds is 7. The molecule has 0 N–H and O–H groups in total. The van der Waals surface area contributed by atoms with Crippen LogP contribution in [0.3, 0.4) is 0 Å². The van der Waals surface area contributed by atoms with E-state index in [1.165, 1.54) is 15.9 Å². The third kappa shape index (κ3) is 4.50. The SMILES string of the molecule is COc1cc(CBr)ccc1CO[Si](c1ccccc1)(c1ccccc1)C(C)(C)C. The second kappa shape index (κ2) is 9.29. The third-order valence-electron chi connectivity index (χ3n) is 5.37. The zero-order valence-electron chi connectivity index (χ0n) is 17.6. The molecule has 0 aliphatic heterocycles. The van der Waals surface area contributed by atoms with Gasteiger partial charge in [0, 0.05) is 10.9 Å². The van der Waals surface area contributed by atoms with Crippen molar-refractivity contribution in [1.29, 1.82) is 0 Å². The van der Waals surface area contributed by atoms with E-state index < -0.39 is 8.32 Å². The first kappa shape index (κ1) is 21.8. The second-order valence-corrected chi connectivity index (χ2v) is 13.1. The minimum Gasteiger partial charge on any atom is -0.496 e. The first-order valence-corrected chi connectivity index (χ1v) is 12.9. The van der Waals surface area contributed by atoms with Crippen LogP contribution in [0.2, 0.25) is 5.04 Å². The van der Waals surface area contributed by atoms with Crippen LogP contribution in [-0.4, -0.2) is 15.4 Å². The van der Waals surface area contributed by atoms with Gasteiger partial charge in [-0.2, -0.15) is 0 Å². The highest BCUT2D eigenvalue weighted by atomic mass is 79.9. The van der Waals surface area contributed by atoms with E-state index in [0.717, 1.165) is 16.6 Å². The van der Waals surface area contributed by atoms with Crippen LogP contribution in [0.1, 0.15) is 31.9 Å². The molecule has 0 bridgehead atoms. The average molecular weight is 469 g/mol. The van der Waals surface area contributed by atoms with Crippen molar-refractivity contribution < 1.29 is 9.16 Å². The fourth-order valence-corrected chi connectivity index (χ4v) is 8.82. The maximum Gasteiger partial charge on any atom is 0.261 e. The number of hydrogen-bond acceptors (Lipinski definition) is 2. The normalized spacial score (nSPS) is 12.0. The van der Waals surface area contributed by atoms with Crippen molar-refractivity contribution in [2.75, 3.05) is 7.11 Å². The lowest BCUT2D eigenvalue weighted by Gasteiger charge is -2.43. The molecule has 0 aliphatic rings. The second-order valence-electron chi connectivity index (χ2n) is 8.23. The molecule has 0 aromatic heterocycles. The lowest BCUT2D eigenvalue weighted by molar-refractivity contribution is 0.278. The molecule has 29 heavy (non-hydrogen) atoms. The van der Waals surface area contributed by atoms with E-state index >= 15 is 0 Å². The van der Waals surface area contributed by atoms with E-state index in [-0.39, 0.29) is 5.04 Å². The summed E-state index contributed by atoms with van der Waals surface area (Å²) in [6.07, 6.45) is 0. The van der Waals surface area contributed by atoms with Crippen LogP contribution in [0.15, 0.2) is 78.9 Å². The number of ether oxygens (including phenoxy) is 1. The Morgan fingerprint density at radius 2 is 1.38 bits per heavy atom. The maximum atomic E-state index is 7.02. The van der Waals surface area contributed by atoms with E-state index in [0.29, 0.717) is 6.61 Å². The largest absolute Gasteiger partial charge is 0.496 e. The molecule has 0 unspecified atom stereocenters. The molecule has 0 saturated heterocycles. The summed E-state index contributed by atoms with van der Waals surface area (Å²) in [5, 5.41) is 3.34. The van der Waals surface area contributed by atoms with Gasteiger partial charge in [-0.3, -0.25) is 0 Å². The van der Waals surface area contributed by atoms with E-state index in [9.17, 15) is 0 Å². The van der Waals surface area contributed by atoms with Gasteiger partial charge in [-0.25, -0.2) is 0 Å². The fraction of sp³-hybridized carbons (Fsp3) is 0.280. The van der Waals surface area contributed by atoms with Gasteiger partial charge in [-0.15, -0.1) is 0 Å². The van der Waals surface area contributed by atoms with Gasteiger partial charge in [-0.1, -0.05) is 109 Å². The fourth-order valence-electron chi connectivity index (χ4n) is 3.94. The molecule has 0 spiro atoms. The smallest absolute Gasteiger partial charge is 0.261 e. The topological polar surface area (TPSA) is 18.5 Å². The Hall–Kier alpha value is -1.88. The van der Waals surface area contributed by atoms with Gasteiger partial charge >= 0.3 is 0 Å². The zero-order valence-corrected chi connectivity index (χ0v) is 20.2. The Kier molecular flexibility index (Phi) is 6.99. The highest BCUT2D eigenvalue weighted by Gasteiger charge is 2.50. The molecule has 3 aromatic rings. The van der Waals surface area contributed by atoms with E-state index in [2.05, 4.69) is 116 Å². The molecule has 0 amide bonds. The van der Waals surface area contributed by atoms with Crippen molar-refractivity contribution in [3.63, 3.8) is 0 Å². The highest BCUT2D eigenvalue weighted by Crippen LogP contribution is 2.38. The summed E-state index contributed by atoms with van der Waals surface area (Å²) in [5.74, 6) is 0.875. The predicted octanol–water partition coefficient (Wildman–Crippen LogP) is 5.67. The molecule has 0 saturated carbocycles. The first-order valence-electron chi connectivity index (χ1n) is 9.89. The Bertz CT molecular complexity index is 881. The number of methoxy groups -OCH3 is 1. The molecule has 3 aromatic carbocycles. The van der Waals surface area contributed by atoms with Crippen molar-refractivity contribution in [2.24, 2.45) is 0 Å². The van der Waals surface area contributed by atoms with Crippen molar-refractivity contribution in [2.45, 2.75) is 37.7 Å². The number of halogens is 1. The summed E-state index contributed by atoms with van der Waals surface area (Å²) in [5.41, 5.74) is 2.27. The van der Waals surface area contributed by atoms with Crippen molar-refractivity contribution in [3.05, 3.63) is 90.0 Å². The van der Waals surface area contributed by atoms with Gasteiger partial charge in [0.2, 0.25) is 0 Å². The van der Waals surface area contributed by atoms with Crippen LogP contribution in [-0.2, 0) is 16.4 Å². The van der Waals surface area contributed by atoms with Gasteiger partial charge in [0.05, 0.1) is 13.7 Å². The predicted molar refractivity (Wildman–Crippen MR) is 128 cm³/mol. The average Bonchev–Trinajstić information content (AvgIpc) is 2.74. The van der Waals surface area contributed by atoms with E-state index in [1.54, 1.807) is 7.11 Å². The molecular weight excluding hydrogens is 440 g/mol. The number of hydrogen-bond donors (Lipinski definition) is 0. The van der Waals surface area contributed by atoms with Crippen LogP contribution in [0.25, 0.3) is 0 Å². The summed E-state index contributed by atoms with van der Waals surface area (Å²) in [6, 6.07) is 27.8. The molecule has 152 valence electrons. The molecule has 0 radical (unpaired) electrons. The van der Waals surface area contributed by atoms with Crippen molar-refractivity contribution in [3.8, 4) is 5.75 Å². The third-order valence-corrected chi connectivity index (χ3v) is 11.0. The van der Waals surface area contributed by atoms with Gasteiger partial charge in [0.25, 0.3) is 8.32 Å². The van der Waals surface area contributed by atoms with Gasteiger partial charge < -0.3 is 9.16 Å². The molecule has 0 aliphatic carbocycles. The maximum absolute atomic E-state index is 7.02. The standard InChI is InChI=1S/C25H29BrO2Si/c1-25(2,3)29(22-11-7-5-8-12-22,23-13-9-6-10-14-23)28-19-21-16-15-20(18-26)17-24(21)27-4/h5-17H,18-19H2,1-4H3. The monoisotopic (exact) mass is 468 g/mol. The van der Waals surface area contributed by atoms with Crippen LogP contribution >= 0.6 is 15.9 Å². The van der Waals surface area contributed by atoms with Crippen LogP contribution in [0.4, 0.5) is 0 Å². The molecule has 0 atom stereocenters. The summed E-state index contributed by atoms with van der Waals surface area (Å²) in [6.45, 7) is 7.40. The summed E-state index contributed by atoms with van der Waals surface area (Å²) >= 11 is 3.52. The molecule has 4 heteroatoms. The summed E-state index contributed by atoms with van der Waals surface area (Å²) in [7, 11) is -0.833. The summed E-state index contributed by atoms with van der Waals surface area (Å²) in [4.78, 5) is 0. The Morgan fingerprint density at radius 3 is 1.83 bits per heavy atom. The van der Waals surface area contributed by atoms with E-state index in [4.69, 9.17) is 9.16 Å². The zero-order chi connectivity index (χ0) is 20.9.